The number of carbonyl (C=O) groups is 2. The van der Waals surface area contributed by atoms with Gasteiger partial charge in [0, 0.05) is 33.5 Å². The van der Waals surface area contributed by atoms with Gasteiger partial charge >= 0.3 is 0 Å². The first-order chi connectivity index (χ1) is 11.4. The molecule has 3 aliphatic rings. The van der Waals surface area contributed by atoms with Crippen LogP contribution in [0.25, 0.3) is 0 Å². The number of Topliss-reactive ketones (excluding diaryl/α,β-unsaturated/α-hetero) is 1. The number of fused-ring (bicyclic) bond motifs is 3. The Hall–Kier alpha value is -1.05. The van der Waals surface area contributed by atoms with E-state index < -0.39 is 5.41 Å². The Morgan fingerprint density at radius 1 is 1.36 bits per heavy atom. The average Bonchev–Trinajstić information content (AvgIpc) is 2.57. The van der Waals surface area contributed by atoms with Crippen molar-refractivity contribution in [2.45, 2.75) is 47.0 Å². The summed E-state index contributed by atoms with van der Waals surface area (Å²) in [5, 5.41) is 12.4. The number of hydrogen-bond donors (Lipinski definition) is 0. The number of nitriles is 1. The molecule has 3 rings (SSSR count). The van der Waals surface area contributed by atoms with Crippen molar-refractivity contribution in [3.8, 4) is 17.2 Å². The zero-order valence-electron chi connectivity index (χ0n) is 13.7. The van der Waals surface area contributed by atoms with Crippen LogP contribution in [0.5, 0.6) is 0 Å². The molecular formula is C20H22INO2S. The molecule has 0 bridgehead atoms. The number of ketones is 2. The number of nitrogens with zero attached hydrogens (tertiary/aromatic N) is 1. The van der Waals surface area contributed by atoms with E-state index in [0.29, 0.717) is 12.2 Å². The van der Waals surface area contributed by atoms with Crippen molar-refractivity contribution in [2.75, 3.05) is 0 Å². The molecule has 2 fully saturated rings. The Morgan fingerprint density at radius 3 is 2.72 bits per heavy atom. The lowest BCUT2D eigenvalue weighted by molar-refractivity contribution is -0.131. The first-order valence-electron chi connectivity index (χ1n) is 8.10. The molecule has 25 heavy (non-hydrogen) atoms. The van der Waals surface area contributed by atoms with Crippen LogP contribution in [0.1, 0.15) is 47.0 Å². The van der Waals surface area contributed by atoms with Gasteiger partial charge in [0.1, 0.15) is 11.9 Å². The molecule has 0 aromatic carbocycles. The minimum atomic E-state index is -0.539. The normalized spacial score (nSPS) is 36.4. The molecule has 5 heteroatoms. The topological polar surface area (TPSA) is 57.9 Å². The fourth-order valence-electron chi connectivity index (χ4n) is 4.84. The highest BCUT2D eigenvalue weighted by Crippen LogP contribution is 2.61. The summed E-state index contributed by atoms with van der Waals surface area (Å²) >= 11 is 2.14. The average molecular weight is 467 g/mol. The minimum absolute atomic E-state index is 0. The molecule has 3 nitrogen and oxygen atoms in total. The molecule has 0 saturated heterocycles. The second-order valence-electron chi connectivity index (χ2n) is 7.19. The molecule has 2 saturated carbocycles. The van der Waals surface area contributed by atoms with Crippen molar-refractivity contribution in [3.63, 3.8) is 0 Å². The van der Waals surface area contributed by atoms with Gasteiger partial charge in [0.05, 0.1) is 11.0 Å². The van der Waals surface area contributed by atoms with Crippen molar-refractivity contribution in [2.24, 2.45) is 22.7 Å². The number of halogens is 1. The predicted molar refractivity (Wildman–Crippen MR) is 110 cm³/mol. The number of carbonyl (C=O) groups excluding carboxylic acids is 2. The van der Waals surface area contributed by atoms with E-state index in [0.717, 1.165) is 24.8 Å². The van der Waals surface area contributed by atoms with Crippen molar-refractivity contribution >= 4 is 41.7 Å². The van der Waals surface area contributed by atoms with Crippen LogP contribution in [0.2, 0.25) is 0 Å². The van der Waals surface area contributed by atoms with Gasteiger partial charge in [-0.05, 0) is 62.5 Å². The van der Waals surface area contributed by atoms with Crippen LogP contribution in [-0.4, -0.2) is 11.6 Å². The highest BCUT2D eigenvalue weighted by molar-refractivity contribution is 14.2. The summed E-state index contributed by atoms with van der Waals surface area (Å²) in [6.07, 6.45) is 6.41. The lowest BCUT2D eigenvalue weighted by Gasteiger charge is -2.55. The highest BCUT2D eigenvalue weighted by Gasteiger charge is 2.56. The van der Waals surface area contributed by atoms with Crippen molar-refractivity contribution in [3.05, 3.63) is 23.3 Å². The molecule has 0 aromatic heterocycles. The second-order valence-corrected chi connectivity index (χ2v) is 8.86. The van der Waals surface area contributed by atoms with Gasteiger partial charge in [-0.25, -0.2) is 0 Å². The standard InChI is InChI=1S/C19H18INO2S.CH4/c1-12-14-3-6-19(7-8-24-20)10-13(11-21)16(23)9-17(19)18(14,2)5-4-15(12)22;/h9-10,12,14H,3-6H2,1-2H3;1H4. The molecule has 0 aliphatic heterocycles. The van der Waals surface area contributed by atoms with Gasteiger partial charge in [-0.3, -0.25) is 9.59 Å². The summed E-state index contributed by atoms with van der Waals surface area (Å²) in [6.45, 7) is 4.20. The van der Waals surface area contributed by atoms with Crippen LogP contribution in [0.4, 0.5) is 0 Å². The molecule has 0 heterocycles. The number of allylic oxidation sites excluding steroid dienone is 4. The summed E-state index contributed by atoms with van der Waals surface area (Å²) in [5.41, 5.74) is 0.465. The maximum absolute atomic E-state index is 12.4. The summed E-state index contributed by atoms with van der Waals surface area (Å²) < 4.78 is 0. The van der Waals surface area contributed by atoms with Gasteiger partial charge in [0.25, 0.3) is 0 Å². The SMILES string of the molecule is C.CC1C(=O)CCC2(C)C3=CC(=O)C(C#N)=CC3(C#CSI)CCC12. The van der Waals surface area contributed by atoms with Crippen LogP contribution < -0.4 is 0 Å². The summed E-state index contributed by atoms with van der Waals surface area (Å²) in [7, 11) is 1.42. The van der Waals surface area contributed by atoms with Gasteiger partial charge in [-0.2, -0.15) is 5.26 Å². The summed E-state index contributed by atoms with van der Waals surface area (Å²) in [5.74, 6) is 3.70. The third-order valence-electron chi connectivity index (χ3n) is 6.13. The quantitative estimate of drug-likeness (QED) is 0.371. The van der Waals surface area contributed by atoms with E-state index in [1.54, 1.807) is 12.2 Å². The van der Waals surface area contributed by atoms with E-state index in [2.05, 4.69) is 39.3 Å². The maximum Gasteiger partial charge on any atom is 0.196 e. The summed E-state index contributed by atoms with van der Waals surface area (Å²) in [6, 6.07) is 2.02. The van der Waals surface area contributed by atoms with Crippen LogP contribution >= 0.6 is 30.1 Å². The fourth-order valence-corrected chi connectivity index (χ4v) is 5.39. The largest absolute Gasteiger partial charge is 0.299 e. The van der Waals surface area contributed by atoms with E-state index in [-0.39, 0.29) is 36.0 Å². The Labute approximate surface area is 166 Å². The van der Waals surface area contributed by atoms with Gasteiger partial charge in [-0.15, -0.1) is 0 Å². The van der Waals surface area contributed by atoms with Gasteiger partial charge in [-0.1, -0.05) is 27.2 Å². The maximum atomic E-state index is 12.4. The van der Waals surface area contributed by atoms with Crippen LogP contribution in [0.3, 0.4) is 0 Å². The smallest absolute Gasteiger partial charge is 0.196 e. The van der Waals surface area contributed by atoms with Crippen LogP contribution in [0, 0.1) is 45.2 Å². The van der Waals surface area contributed by atoms with Crippen molar-refractivity contribution < 1.29 is 9.59 Å². The Balaban J connectivity index is 0.00000225. The van der Waals surface area contributed by atoms with Crippen LogP contribution in [0.15, 0.2) is 23.3 Å². The molecule has 4 atom stereocenters. The van der Waals surface area contributed by atoms with E-state index >= 15 is 0 Å². The molecule has 132 valence electrons. The van der Waals surface area contributed by atoms with E-state index in [9.17, 15) is 14.9 Å². The molecule has 0 spiro atoms. The second kappa shape index (κ2) is 7.29. The third kappa shape index (κ3) is 3.11. The molecule has 0 amide bonds. The molecule has 0 radical (unpaired) electrons. The van der Waals surface area contributed by atoms with Gasteiger partial charge in [0.15, 0.2) is 5.78 Å². The fraction of sp³-hybridized carbons (Fsp3) is 0.550. The zero-order chi connectivity index (χ0) is 17.5. The molecular weight excluding hydrogens is 445 g/mol. The lowest BCUT2D eigenvalue weighted by Crippen LogP contribution is -2.50. The van der Waals surface area contributed by atoms with Crippen molar-refractivity contribution in [1.29, 1.82) is 5.26 Å². The first kappa shape index (κ1) is 20.3. The monoisotopic (exact) mass is 467 g/mol. The van der Waals surface area contributed by atoms with E-state index in [4.69, 9.17) is 0 Å². The molecule has 3 aliphatic carbocycles. The van der Waals surface area contributed by atoms with Crippen molar-refractivity contribution in [1.82, 2.24) is 0 Å². The Bertz CT molecular complexity index is 782. The Kier molecular flexibility index (Phi) is 5.91. The van der Waals surface area contributed by atoms with Gasteiger partial charge < -0.3 is 0 Å². The molecule has 0 aromatic rings. The number of rotatable bonds is 0. The first-order valence-corrected chi connectivity index (χ1v) is 11.5. The van der Waals surface area contributed by atoms with E-state index in [1.807, 2.05) is 13.0 Å². The zero-order valence-corrected chi connectivity index (χ0v) is 16.7. The third-order valence-corrected chi connectivity index (χ3v) is 6.97. The highest BCUT2D eigenvalue weighted by atomic mass is 127. The van der Waals surface area contributed by atoms with Gasteiger partial charge in [0.2, 0.25) is 0 Å². The predicted octanol–water partition coefficient (Wildman–Crippen LogP) is 5.03. The number of hydrogen-bond acceptors (Lipinski definition) is 4. The Morgan fingerprint density at radius 2 is 2.08 bits per heavy atom. The minimum Gasteiger partial charge on any atom is -0.299 e. The van der Waals surface area contributed by atoms with Crippen LogP contribution in [-0.2, 0) is 9.59 Å². The van der Waals surface area contributed by atoms with E-state index in [1.165, 1.54) is 8.93 Å². The summed E-state index contributed by atoms with van der Waals surface area (Å²) in [4.78, 5) is 24.6. The lowest BCUT2D eigenvalue weighted by atomic mass is 9.47. The molecule has 0 N–H and O–H groups in total. The molecule has 4 unspecified atom stereocenters.